The molecule has 4 saturated carbocycles. The summed E-state index contributed by atoms with van der Waals surface area (Å²) in [6.45, 7) is 8.13. The number of esters is 1. The molecular formula is C26H36N2O9. The Bertz CT molecular complexity index is 1220. The van der Waals surface area contributed by atoms with Crippen molar-refractivity contribution in [1.82, 2.24) is 4.98 Å². The van der Waals surface area contributed by atoms with Crippen LogP contribution in [0.25, 0.3) is 0 Å². The van der Waals surface area contributed by atoms with Crippen molar-refractivity contribution in [2.45, 2.75) is 93.8 Å². The van der Waals surface area contributed by atoms with Crippen LogP contribution >= 0.6 is 0 Å². The molecule has 6 N–H and O–H groups in total. The van der Waals surface area contributed by atoms with Crippen molar-refractivity contribution < 1.29 is 44.6 Å². The van der Waals surface area contributed by atoms with E-state index in [1.54, 1.807) is 26.8 Å². The lowest BCUT2D eigenvalue weighted by atomic mass is 9.52. The van der Waals surface area contributed by atoms with Gasteiger partial charge in [-0.25, -0.2) is 4.79 Å². The molecule has 1 aromatic rings. The summed E-state index contributed by atoms with van der Waals surface area (Å²) in [7, 11) is 1.32. The van der Waals surface area contributed by atoms with Gasteiger partial charge in [0.25, 0.3) is 0 Å². The first kappa shape index (κ1) is 25.3. The van der Waals surface area contributed by atoms with E-state index in [0.717, 1.165) is 0 Å². The van der Waals surface area contributed by atoms with Gasteiger partial charge in [-0.2, -0.15) is 0 Å². The number of carbonyl (C=O) groups is 1. The Kier molecular flexibility index (Phi) is 4.49. The molecule has 11 nitrogen and oxygen atoms in total. The first-order chi connectivity index (χ1) is 17.1. The van der Waals surface area contributed by atoms with Gasteiger partial charge >= 0.3 is 5.97 Å². The Morgan fingerprint density at radius 2 is 1.89 bits per heavy atom. The third kappa shape index (κ3) is 1.94. The molecule has 6 bridgehead atoms. The van der Waals surface area contributed by atoms with Crippen LogP contribution in [0.1, 0.15) is 64.4 Å². The zero-order valence-electron chi connectivity index (χ0n) is 21.9. The van der Waals surface area contributed by atoms with Gasteiger partial charge in [-0.3, -0.25) is 0 Å². The second-order valence-electron chi connectivity index (χ2n) is 12.5. The molecule has 4 aliphatic carbocycles. The minimum atomic E-state index is -2.55. The predicted molar refractivity (Wildman–Crippen MR) is 127 cm³/mol. The minimum absolute atomic E-state index is 0.0791. The summed E-state index contributed by atoms with van der Waals surface area (Å²) >= 11 is 0. The first-order valence-electron chi connectivity index (χ1n) is 12.8. The van der Waals surface area contributed by atoms with Crippen LogP contribution in [0.2, 0.25) is 0 Å². The van der Waals surface area contributed by atoms with Gasteiger partial charge in [-0.1, -0.05) is 32.9 Å². The van der Waals surface area contributed by atoms with Crippen LogP contribution in [0.4, 0.5) is 0 Å². The van der Waals surface area contributed by atoms with Crippen molar-refractivity contribution in [2.75, 3.05) is 7.11 Å². The quantitative estimate of drug-likeness (QED) is 0.243. The van der Waals surface area contributed by atoms with E-state index in [-0.39, 0.29) is 30.2 Å². The normalized spacial score (nSPS) is 56.3. The molecule has 0 unspecified atom stereocenters. The fourth-order valence-corrected chi connectivity index (χ4v) is 9.58. The van der Waals surface area contributed by atoms with Crippen molar-refractivity contribution in [3.8, 4) is 0 Å². The van der Waals surface area contributed by atoms with Gasteiger partial charge in [-0.05, 0) is 37.8 Å². The van der Waals surface area contributed by atoms with Crippen LogP contribution in [-0.2, 0) is 14.3 Å². The fraction of sp³-hybridized carbons (Fsp3) is 0.769. The molecule has 6 fully saturated rings. The largest absolute Gasteiger partial charge is 0.451 e. The number of nitrogens with zero attached hydrogens (tertiary/aromatic N) is 1. The van der Waals surface area contributed by atoms with E-state index < -0.39 is 62.6 Å². The maximum atomic E-state index is 13.3. The summed E-state index contributed by atoms with van der Waals surface area (Å²) in [5, 5.41) is 67.6. The van der Waals surface area contributed by atoms with Crippen molar-refractivity contribution in [3.05, 3.63) is 24.0 Å². The molecule has 204 valence electrons. The number of aliphatic hydroxyl groups is 5. The van der Waals surface area contributed by atoms with Crippen LogP contribution < -0.4 is 0 Å². The molecule has 11 heteroatoms. The van der Waals surface area contributed by atoms with Gasteiger partial charge < -0.3 is 44.8 Å². The fourth-order valence-electron chi connectivity index (χ4n) is 9.58. The number of H-pyrrole nitrogens is 1. The number of ether oxygens (including phenoxy) is 2. The highest BCUT2D eigenvalue weighted by Crippen LogP contribution is 2.90. The van der Waals surface area contributed by atoms with E-state index >= 15 is 0 Å². The Morgan fingerprint density at radius 3 is 2.46 bits per heavy atom. The second-order valence-corrected chi connectivity index (χ2v) is 12.5. The Labute approximate surface area is 214 Å². The number of aromatic amines is 1. The highest BCUT2D eigenvalue weighted by molar-refractivity contribution is 6.01. The zero-order chi connectivity index (χ0) is 27.2. The number of carbonyl (C=O) groups excluding carboxylic acids is 1. The molecular weight excluding hydrogens is 484 g/mol. The lowest BCUT2D eigenvalue weighted by molar-refractivity contribution is -0.366. The van der Waals surface area contributed by atoms with Crippen LogP contribution in [-0.4, -0.2) is 89.2 Å². The van der Waals surface area contributed by atoms with Gasteiger partial charge in [0, 0.05) is 24.0 Å². The standard InChI is InChI=1S/C26H36N2O9/c1-13(2)23(32)18(36-17(29)15-8-7-11-27-15)24(33)19(4)12-22(31)20(23,5)26(24,34)25(37-22)16(28-35-6)14(3)9-10-21(19,25)30/h7-8,11,13-14,18,27,30-34H,9-10,12H2,1-6H3/b28-16+/t14-,18+,19-,20+,21-,22-,23+,24+,25+,26+/m0/s1. The van der Waals surface area contributed by atoms with E-state index in [1.807, 2.05) is 6.92 Å². The van der Waals surface area contributed by atoms with Crippen molar-refractivity contribution in [2.24, 2.45) is 27.8 Å². The average molecular weight is 521 g/mol. The molecule has 2 aliphatic heterocycles. The van der Waals surface area contributed by atoms with Crippen molar-refractivity contribution >= 4 is 11.7 Å². The van der Waals surface area contributed by atoms with Gasteiger partial charge in [0.2, 0.25) is 0 Å². The lowest BCUT2D eigenvalue weighted by Crippen LogP contribution is -2.74. The predicted octanol–water partition coefficient (Wildman–Crippen LogP) is 0.454. The summed E-state index contributed by atoms with van der Waals surface area (Å²) in [6.07, 6.45) is -0.0134. The van der Waals surface area contributed by atoms with E-state index in [2.05, 4.69) is 10.1 Å². The zero-order valence-corrected chi connectivity index (χ0v) is 21.9. The topological polar surface area (TPSA) is 174 Å². The van der Waals surface area contributed by atoms with Crippen LogP contribution in [0.5, 0.6) is 0 Å². The second kappa shape index (κ2) is 6.57. The monoisotopic (exact) mass is 520 g/mol. The molecule has 6 aliphatic rings. The number of rotatable bonds is 4. The van der Waals surface area contributed by atoms with Crippen molar-refractivity contribution in [1.29, 1.82) is 0 Å². The highest BCUT2D eigenvalue weighted by atomic mass is 16.7. The molecule has 0 radical (unpaired) electrons. The smallest absolute Gasteiger partial charge is 0.355 e. The maximum Gasteiger partial charge on any atom is 0.355 e. The molecule has 10 atom stereocenters. The Balaban J connectivity index is 1.71. The Hall–Kier alpha value is -2.02. The van der Waals surface area contributed by atoms with Gasteiger partial charge in [0.15, 0.2) is 17.5 Å². The number of aromatic nitrogens is 1. The van der Waals surface area contributed by atoms with Crippen LogP contribution in [0.15, 0.2) is 23.5 Å². The van der Waals surface area contributed by atoms with E-state index in [9.17, 15) is 30.3 Å². The van der Waals surface area contributed by atoms with Crippen LogP contribution in [0, 0.1) is 22.7 Å². The molecule has 37 heavy (non-hydrogen) atoms. The minimum Gasteiger partial charge on any atom is -0.451 e. The third-order valence-electron chi connectivity index (χ3n) is 11.3. The summed E-state index contributed by atoms with van der Waals surface area (Å²) < 4.78 is 12.3. The average Bonchev–Trinajstić information content (AvgIpc) is 3.45. The Morgan fingerprint density at radius 1 is 1.22 bits per heavy atom. The summed E-state index contributed by atoms with van der Waals surface area (Å²) in [5.41, 5.74) is -14.9. The van der Waals surface area contributed by atoms with Gasteiger partial charge in [0.1, 0.15) is 35.2 Å². The van der Waals surface area contributed by atoms with E-state index in [4.69, 9.17) is 14.3 Å². The summed E-state index contributed by atoms with van der Waals surface area (Å²) in [4.78, 5) is 21.2. The van der Waals surface area contributed by atoms with Crippen molar-refractivity contribution in [3.63, 3.8) is 0 Å². The van der Waals surface area contributed by atoms with Crippen LogP contribution in [0.3, 0.4) is 0 Å². The highest BCUT2D eigenvalue weighted by Gasteiger charge is 3.10. The molecule has 1 aromatic heterocycles. The number of nitrogens with one attached hydrogen (secondary N) is 1. The summed E-state index contributed by atoms with van der Waals surface area (Å²) in [6, 6.07) is 3.09. The summed E-state index contributed by atoms with van der Waals surface area (Å²) in [5.74, 6) is -4.21. The van der Waals surface area contributed by atoms with Gasteiger partial charge in [-0.15, -0.1) is 0 Å². The SMILES string of the molecule is CO/N=C1\[C@@H](C)CC[C@]2(O)[C@]3(C)C[C@]4(O)O[C@]12[C@]1(O)[C@@]3(O)[C@H](OC(=O)c2ccc[nH]2)[C@](O)(C(C)C)[C@]14C. The van der Waals surface area contributed by atoms with E-state index in [0.29, 0.717) is 6.42 Å². The molecule has 2 saturated heterocycles. The molecule has 0 amide bonds. The molecule has 3 heterocycles. The van der Waals surface area contributed by atoms with E-state index in [1.165, 1.54) is 26.3 Å². The number of hydrogen-bond donors (Lipinski definition) is 6. The third-order valence-corrected chi connectivity index (χ3v) is 11.3. The number of hydrogen-bond acceptors (Lipinski definition) is 10. The molecule has 7 rings (SSSR count). The maximum absolute atomic E-state index is 13.3. The lowest BCUT2D eigenvalue weighted by Gasteiger charge is -2.59. The molecule has 0 aromatic carbocycles. The van der Waals surface area contributed by atoms with Gasteiger partial charge in [0.05, 0.1) is 11.1 Å². The molecule has 1 spiro atoms. The first-order valence-corrected chi connectivity index (χ1v) is 12.8. The number of oxime groups is 1.